The van der Waals surface area contributed by atoms with E-state index in [1.807, 2.05) is 11.9 Å². The van der Waals surface area contributed by atoms with Gasteiger partial charge in [-0.05, 0) is 62.0 Å². The third-order valence-electron chi connectivity index (χ3n) is 5.57. The lowest BCUT2D eigenvalue weighted by Crippen LogP contribution is -2.45. The van der Waals surface area contributed by atoms with Gasteiger partial charge < -0.3 is 14.8 Å². The number of hydrogen-bond acceptors (Lipinski definition) is 1. The maximum Gasteiger partial charge on any atom is 0.317 e. The van der Waals surface area contributed by atoms with Gasteiger partial charge in [-0.25, -0.2) is 4.79 Å². The molecule has 0 saturated heterocycles. The van der Waals surface area contributed by atoms with Crippen molar-refractivity contribution in [1.82, 2.24) is 14.8 Å². The zero-order valence-corrected chi connectivity index (χ0v) is 14.7. The average Bonchev–Trinajstić information content (AvgIpc) is 3.47. The maximum atomic E-state index is 12.5. The van der Waals surface area contributed by atoms with E-state index >= 15 is 0 Å². The molecule has 1 aromatic heterocycles. The number of amides is 2. The summed E-state index contributed by atoms with van der Waals surface area (Å²) < 4.78 is 2.30. The number of para-hydroxylation sites is 1. The number of hydrogen-bond donors (Lipinski definition) is 1. The van der Waals surface area contributed by atoms with Crippen LogP contribution in [-0.4, -0.2) is 35.1 Å². The van der Waals surface area contributed by atoms with Crippen LogP contribution in [0.4, 0.5) is 4.79 Å². The molecule has 128 valence electrons. The van der Waals surface area contributed by atoms with Gasteiger partial charge in [-0.1, -0.05) is 18.2 Å². The van der Waals surface area contributed by atoms with E-state index < -0.39 is 0 Å². The van der Waals surface area contributed by atoms with Crippen LogP contribution < -0.4 is 5.32 Å². The first kappa shape index (κ1) is 15.6. The number of aryl methyl sites for hydroxylation is 1. The Balaban J connectivity index is 1.37. The van der Waals surface area contributed by atoms with Gasteiger partial charge in [-0.2, -0.15) is 0 Å². The van der Waals surface area contributed by atoms with E-state index in [-0.39, 0.29) is 6.03 Å². The Hall–Kier alpha value is -1.97. The SMILES string of the molecule is Cc1cc2ccccc2n1CCN(C)C(=O)NC(C1CC1)C1CC1. The topological polar surface area (TPSA) is 37.3 Å². The molecule has 0 radical (unpaired) electrons. The fourth-order valence-corrected chi connectivity index (χ4v) is 3.78. The summed E-state index contributed by atoms with van der Waals surface area (Å²) in [4.78, 5) is 14.4. The van der Waals surface area contributed by atoms with E-state index in [0.717, 1.165) is 24.9 Å². The van der Waals surface area contributed by atoms with Crippen molar-refractivity contribution in [2.75, 3.05) is 13.6 Å². The molecule has 0 spiro atoms. The number of carbonyl (C=O) groups is 1. The minimum absolute atomic E-state index is 0.0907. The Morgan fingerprint density at radius 2 is 1.92 bits per heavy atom. The highest BCUT2D eigenvalue weighted by Crippen LogP contribution is 2.44. The summed E-state index contributed by atoms with van der Waals surface area (Å²) in [7, 11) is 1.91. The fraction of sp³-hybridized carbons (Fsp3) is 0.550. The van der Waals surface area contributed by atoms with Crippen LogP contribution in [0.25, 0.3) is 10.9 Å². The molecule has 2 aromatic rings. The van der Waals surface area contributed by atoms with Gasteiger partial charge in [0, 0.05) is 37.4 Å². The molecule has 0 bridgehead atoms. The molecule has 24 heavy (non-hydrogen) atoms. The monoisotopic (exact) mass is 325 g/mol. The normalized spacial score (nSPS) is 17.5. The average molecular weight is 325 g/mol. The number of rotatable bonds is 6. The Morgan fingerprint density at radius 3 is 2.58 bits per heavy atom. The summed E-state index contributed by atoms with van der Waals surface area (Å²) in [6.45, 7) is 3.70. The molecule has 2 aliphatic carbocycles. The summed E-state index contributed by atoms with van der Waals surface area (Å²) in [5, 5.41) is 4.57. The molecule has 2 saturated carbocycles. The van der Waals surface area contributed by atoms with E-state index in [9.17, 15) is 4.79 Å². The molecule has 1 N–H and O–H groups in total. The molecule has 0 aliphatic heterocycles. The second-order valence-corrected chi connectivity index (χ2v) is 7.57. The minimum atomic E-state index is 0.0907. The number of fused-ring (bicyclic) bond motifs is 1. The van der Waals surface area contributed by atoms with E-state index in [2.05, 4.69) is 47.1 Å². The van der Waals surface area contributed by atoms with Crippen molar-refractivity contribution in [2.45, 2.75) is 45.2 Å². The van der Waals surface area contributed by atoms with Crippen molar-refractivity contribution in [1.29, 1.82) is 0 Å². The van der Waals surface area contributed by atoms with Crippen molar-refractivity contribution >= 4 is 16.9 Å². The van der Waals surface area contributed by atoms with Crippen LogP contribution in [0.15, 0.2) is 30.3 Å². The van der Waals surface area contributed by atoms with E-state index in [1.54, 1.807) is 0 Å². The number of aromatic nitrogens is 1. The number of urea groups is 1. The third-order valence-corrected chi connectivity index (χ3v) is 5.57. The predicted molar refractivity (Wildman–Crippen MR) is 97.1 cm³/mol. The van der Waals surface area contributed by atoms with Gasteiger partial charge in [0.1, 0.15) is 0 Å². The second kappa shape index (κ2) is 6.15. The lowest BCUT2D eigenvalue weighted by molar-refractivity contribution is 0.199. The number of carbonyl (C=O) groups excluding carboxylic acids is 1. The Morgan fingerprint density at radius 1 is 1.25 bits per heavy atom. The smallest absolute Gasteiger partial charge is 0.317 e. The molecule has 1 heterocycles. The summed E-state index contributed by atoms with van der Waals surface area (Å²) in [5.41, 5.74) is 2.50. The van der Waals surface area contributed by atoms with Crippen molar-refractivity contribution in [3.8, 4) is 0 Å². The molecular weight excluding hydrogens is 298 g/mol. The number of nitrogens with zero attached hydrogens (tertiary/aromatic N) is 2. The molecule has 4 nitrogen and oxygen atoms in total. The molecule has 2 aliphatic rings. The van der Waals surface area contributed by atoms with Crippen molar-refractivity contribution < 1.29 is 4.79 Å². The molecular formula is C20H27N3O. The van der Waals surface area contributed by atoms with Gasteiger partial charge in [0.2, 0.25) is 0 Å². The van der Waals surface area contributed by atoms with Crippen LogP contribution >= 0.6 is 0 Å². The quantitative estimate of drug-likeness (QED) is 0.862. The van der Waals surface area contributed by atoms with Crippen molar-refractivity contribution in [3.63, 3.8) is 0 Å². The van der Waals surface area contributed by atoms with Crippen LogP contribution in [0.5, 0.6) is 0 Å². The summed E-state index contributed by atoms with van der Waals surface area (Å²) in [6, 6.07) is 11.2. The first-order chi connectivity index (χ1) is 11.6. The van der Waals surface area contributed by atoms with Gasteiger partial charge in [0.25, 0.3) is 0 Å². The van der Waals surface area contributed by atoms with E-state index in [1.165, 1.54) is 42.3 Å². The van der Waals surface area contributed by atoms with Crippen LogP contribution in [0.2, 0.25) is 0 Å². The molecule has 4 rings (SSSR count). The summed E-state index contributed by atoms with van der Waals surface area (Å²) in [6.07, 6.45) is 5.17. The fourth-order valence-electron chi connectivity index (χ4n) is 3.78. The Kier molecular flexibility index (Phi) is 3.99. The zero-order valence-electron chi connectivity index (χ0n) is 14.7. The van der Waals surface area contributed by atoms with Crippen LogP contribution in [0, 0.1) is 18.8 Å². The lowest BCUT2D eigenvalue weighted by Gasteiger charge is -2.24. The van der Waals surface area contributed by atoms with E-state index in [4.69, 9.17) is 0 Å². The maximum absolute atomic E-state index is 12.5. The highest BCUT2D eigenvalue weighted by molar-refractivity contribution is 5.81. The van der Waals surface area contributed by atoms with Crippen molar-refractivity contribution in [3.05, 3.63) is 36.0 Å². The molecule has 2 amide bonds. The molecule has 0 unspecified atom stereocenters. The van der Waals surface area contributed by atoms with Gasteiger partial charge >= 0.3 is 6.03 Å². The van der Waals surface area contributed by atoms with Gasteiger partial charge in [0.15, 0.2) is 0 Å². The highest BCUT2D eigenvalue weighted by atomic mass is 16.2. The van der Waals surface area contributed by atoms with Gasteiger partial charge in [-0.15, -0.1) is 0 Å². The third kappa shape index (κ3) is 3.14. The first-order valence-corrected chi connectivity index (χ1v) is 9.20. The second-order valence-electron chi connectivity index (χ2n) is 7.57. The molecule has 1 aromatic carbocycles. The minimum Gasteiger partial charge on any atom is -0.343 e. The first-order valence-electron chi connectivity index (χ1n) is 9.20. The summed E-state index contributed by atoms with van der Waals surface area (Å²) in [5.74, 6) is 1.48. The largest absolute Gasteiger partial charge is 0.343 e. The number of benzene rings is 1. The number of likely N-dealkylation sites (N-methyl/N-ethyl adjacent to an activating group) is 1. The van der Waals surface area contributed by atoms with Crippen molar-refractivity contribution in [2.24, 2.45) is 11.8 Å². The van der Waals surface area contributed by atoms with Crippen LogP contribution in [0.3, 0.4) is 0 Å². The molecule has 0 atom stereocenters. The van der Waals surface area contributed by atoms with Crippen LogP contribution in [0.1, 0.15) is 31.4 Å². The Labute approximate surface area is 143 Å². The van der Waals surface area contributed by atoms with Gasteiger partial charge in [0.05, 0.1) is 0 Å². The highest BCUT2D eigenvalue weighted by Gasteiger charge is 2.42. The number of nitrogens with one attached hydrogen (secondary N) is 1. The predicted octanol–water partition coefficient (Wildman–Crippen LogP) is 3.78. The lowest BCUT2D eigenvalue weighted by atomic mass is 10.1. The zero-order chi connectivity index (χ0) is 16.7. The molecule has 2 fully saturated rings. The standard InChI is InChI=1S/C20H27N3O/c1-14-13-17-5-3-4-6-18(17)23(14)12-11-22(2)20(24)21-19(15-7-8-15)16-9-10-16/h3-6,13,15-16,19H,7-12H2,1-2H3,(H,21,24). The Bertz CT molecular complexity index is 730. The summed E-state index contributed by atoms with van der Waals surface area (Å²) >= 11 is 0. The van der Waals surface area contributed by atoms with Crippen LogP contribution in [-0.2, 0) is 6.54 Å². The molecule has 4 heteroatoms. The van der Waals surface area contributed by atoms with Gasteiger partial charge in [-0.3, -0.25) is 0 Å². The van der Waals surface area contributed by atoms with E-state index in [0.29, 0.717) is 6.04 Å².